The third kappa shape index (κ3) is 5.39. The predicted octanol–water partition coefficient (Wildman–Crippen LogP) is 3.96. The van der Waals surface area contributed by atoms with Crippen molar-refractivity contribution >= 4 is 11.9 Å². The molecule has 0 aliphatic heterocycles. The molecule has 0 unspecified atom stereocenters. The number of hydrogen-bond donors (Lipinski definition) is 0. The van der Waals surface area contributed by atoms with Crippen LogP contribution in [0.4, 0.5) is 0 Å². The van der Waals surface area contributed by atoms with E-state index in [-0.39, 0.29) is 24.3 Å². The Labute approximate surface area is 141 Å². The highest BCUT2D eigenvalue weighted by atomic mass is 16.5. The van der Waals surface area contributed by atoms with Gasteiger partial charge in [-0.05, 0) is 24.6 Å². The number of para-hydroxylation sites is 1. The summed E-state index contributed by atoms with van der Waals surface area (Å²) >= 11 is 0. The van der Waals surface area contributed by atoms with E-state index in [0.29, 0.717) is 12.0 Å². The highest BCUT2D eigenvalue weighted by molar-refractivity contribution is 5.93. The van der Waals surface area contributed by atoms with E-state index in [4.69, 9.17) is 9.47 Å². The van der Waals surface area contributed by atoms with E-state index in [1.165, 1.54) is 0 Å². The normalized spacial score (nSPS) is 10.0. The zero-order valence-electron chi connectivity index (χ0n) is 13.7. The Balaban J connectivity index is 1.96. The van der Waals surface area contributed by atoms with Gasteiger partial charge >= 0.3 is 11.9 Å². The van der Waals surface area contributed by atoms with Crippen molar-refractivity contribution in [1.29, 1.82) is 0 Å². The molecule has 0 aliphatic carbocycles. The fraction of sp³-hybridized carbons (Fsp3) is 0.200. The molecule has 4 nitrogen and oxygen atoms in total. The van der Waals surface area contributed by atoms with Crippen LogP contribution in [-0.2, 0) is 16.0 Å². The van der Waals surface area contributed by atoms with Gasteiger partial charge in [0.1, 0.15) is 11.3 Å². The molecule has 0 aliphatic rings. The van der Waals surface area contributed by atoms with Crippen molar-refractivity contribution in [2.24, 2.45) is 0 Å². The summed E-state index contributed by atoms with van der Waals surface area (Å²) in [6, 6.07) is 16.3. The van der Waals surface area contributed by atoms with Gasteiger partial charge in [-0.2, -0.15) is 0 Å². The van der Waals surface area contributed by atoms with Crippen molar-refractivity contribution in [2.45, 2.75) is 19.8 Å². The summed E-state index contributed by atoms with van der Waals surface area (Å²) in [7, 11) is 0. The Morgan fingerprint density at radius 1 is 1.00 bits per heavy atom. The molecule has 0 saturated carbocycles. The van der Waals surface area contributed by atoms with E-state index in [2.05, 4.69) is 6.58 Å². The van der Waals surface area contributed by atoms with E-state index in [9.17, 15) is 9.59 Å². The number of carbonyl (C=O) groups is 2. The first-order chi connectivity index (χ1) is 11.6. The second-order valence-corrected chi connectivity index (χ2v) is 5.48. The van der Waals surface area contributed by atoms with Gasteiger partial charge in [0, 0.05) is 6.42 Å². The van der Waals surface area contributed by atoms with Crippen LogP contribution in [0.3, 0.4) is 0 Å². The summed E-state index contributed by atoms with van der Waals surface area (Å²) in [5.41, 5.74) is 2.02. The van der Waals surface area contributed by atoms with Crippen molar-refractivity contribution in [3.8, 4) is 5.75 Å². The SMILES string of the molecule is C=C(C)CC(=O)Oc1ccccc1C(=O)OCCc1ccccc1. The van der Waals surface area contributed by atoms with Crippen LogP contribution in [0.5, 0.6) is 5.75 Å². The molecule has 4 heteroatoms. The van der Waals surface area contributed by atoms with Gasteiger partial charge in [-0.15, -0.1) is 0 Å². The highest BCUT2D eigenvalue weighted by Gasteiger charge is 2.16. The van der Waals surface area contributed by atoms with Crippen LogP contribution in [0.2, 0.25) is 0 Å². The Morgan fingerprint density at radius 2 is 1.67 bits per heavy atom. The van der Waals surface area contributed by atoms with Crippen LogP contribution in [0.15, 0.2) is 66.7 Å². The molecule has 0 saturated heterocycles. The molecule has 124 valence electrons. The first-order valence-electron chi connectivity index (χ1n) is 7.71. The lowest BCUT2D eigenvalue weighted by molar-refractivity contribution is -0.133. The Bertz CT molecular complexity index is 719. The topological polar surface area (TPSA) is 52.6 Å². The molecule has 0 radical (unpaired) electrons. The van der Waals surface area contributed by atoms with Crippen molar-refractivity contribution < 1.29 is 19.1 Å². The molecule has 2 aromatic rings. The molecular formula is C20H20O4. The van der Waals surface area contributed by atoms with Gasteiger partial charge in [0.25, 0.3) is 0 Å². The van der Waals surface area contributed by atoms with Crippen molar-refractivity contribution in [1.82, 2.24) is 0 Å². The number of ether oxygens (including phenoxy) is 2. The quantitative estimate of drug-likeness (QED) is 0.439. The third-order valence-electron chi connectivity index (χ3n) is 3.24. The monoisotopic (exact) mass is 324 g/mol. The predicted molar refractivity (Wildman–Crippen MR) is 91.9 cm³/mol. The Hall–Kier alpha value is -2.88. The minimum absolute atomic E-state index is 0.109. The first-order valence-corrected chi connectivity index (χ1v) is 7.71. The molecule has 0 N–H and O–H groups in total. The van der Waals surface area contributed by atoms with Crippen LogP contribution in [0.1, 0.15) is 29.3 Å². The van der Waals surface area contributed by atoms with Gasteiger partial charge in [0.05, 0.1) is 13.0 Å². The molecule has 2 aromatic carbocycles. The average Bonchev–Trinajstić information content (AvgIpc) is 2.55. The highest BCUT2D eigenvalue weighted by Crippen LogP contribution is 2.20. The molecule has 2 rings (SSSR count). The lowest BCUT2D eigenvalue weighted by Gasteiger charge is -2.10. The van der Waals surface area contributed by atoms with Crippen molar-refractivity contribution in [3.63, 3.8) is 0 Å². The smallest absolute Gasteiger partial charge is 0.341 e. The standard InChI is InChI=1S/C20H20O4/c1-15(2)14-19(21)24-18-11-7-6-10-17(18)20(22)23-13-12-16-8-4-3-5-9-16/h3-11H,1,12-14H2,2H3. The lowest BCUT2D eigenvalue weighted by Crippen LogP contribution is -2.13. The summed E-state index contributed by atoms with van der Waals surface area (Å²) in [5.74, 6) is -0.759. The van der Waals surface area contributed by atoms with Gasteiger partial charge in [-0.3, -0.25) is 4.79 Å². The molecule has 0 fully saturated rings. The minimum Gasteiger partial charge on any atom is -0.462 e. The van der Waals surface area contributed by atoms with E-state index in [1.807, 2.05) is 30.3 Å². The summed E-state index contributed by atoms with van der Waals surface area (Å²) in [6.07, 6.45) is 0.738. The van der Waals surface area contributed by atoms with Gasteiger partial charge in [0.15, 0.2) is 0 Å². The molecule has 24 heavy (non-hydrogen) atoms. The van der Waals surface area contributed by atoms with E-state index in [0.717, 1.165) is 5.56 Å². The average molecular weight is 324 g/mol. The lowest BCUT2D eigenvalue weighted by atomic mass is 10.1. The number of esters is 2. The third-order valence-corrected chi connectivity index (χ3v) is 3.24. The van der Waals surface area contributed by atoms with Crippen LogP contribution in [-0.4, -0.2) is 18.5 Å². The number of rotatable bonds is 7. The Kier molecular flexibility index (Phi) is 6.32. The zero-order chi connectivity index (χ0) is 17.4. The summed E-state index contributed by atoms with van der Waals surface area (Å²) < 4.78 is 10.5. The summed E-state index contributed by atoms with van der Waals surface area (Å²) in [5, 5.41) is 0. The second-order valence-electron chi connectivity index (χ2n) is 5.48. The summed E-state index contributed by atoms with van der Waals surface area (Å²) in [4.78, 5) is 24.0. The molecule has 0 spiro atoms. The van der Waals surface area contributed by atoms with Crippen LogP contribution < -0.4 is 4.74 Å². The van der Waals surface area contributed by atoms with Crippen molar-refractivity contribution in [2.75, 3.05) is 6.61 Å². The maximum absolute atomic E-state index is 12.2. The molecular weight excluding hydrogens is 304 g/mol. The van der Waals surface area contributed by atoms with Gasteiger partial charge in [-0.1, -0.05) is 54.6 Å². The molecule has 0 atom stereocenters. The van der Waals surface area contributed by atoms with E-state index >= 15 is 0 Å². The van der Waals surface area contributed by atoms with Crippen LogP contribution in [0.25, 0.3) is 0 Å². The first kappa shape index (κ1) is 17.5. The number of hydrogen-bond acceptors (Lipinski definition) is 4. The largest absolute Gasteiger partial charge is 0.462 e. The van der Waals surface area contributed by atoms with Gasteiger partial charge < -0.3 is 9.47 Å². The summed E-state index contributed by atoms with van der Waals surface area (Å²) in [6.45, 7) is 5.67. The van der Waals surface area contributed by atoms with Gasteiger partial charge in [0.2, 0.25) is 0 Å². The molecule has 0 bridgehead atoms. The molecule has 0 heterocycles. The zero-order valence-corrected chi connectivity index (χ0v) is 13.7. The van der Waals surface area contributed by atoms with Crippen LogP contribution >= 0.6 is 0 Å². The fourth-order valence-corrected chi connectivity index (χ4v) is 2.11. The maximum Gasteiger partial charge on any atom is 0.341 e. The van der Waals surface area contributed by atoms with E-state index < -0.39 is 11.9 Å². The maximum atomic E-state index is 12.2. The van der Waals surface area contributed by atoms with E-state index in [1.54, 1.807) is 31.2 Å². The molecule has 0 amide bonds. The number of benzene rings is 2. The van der Waals surface area contributed by atoms with Crippen LogP contribution in [0, 0.1) is 0 Å². The Morgan fingerprint density at radius 3 is 2.38 bits per heavy atom. The minimum atomic E-state index is -0.510. The second kappa shape index (κ2) is 8.67. The fourth-order valence-electron chi connectivity index (χ4n) is 2.11. The van der Waals surface area contributed by atoms with Crippen molar-refractivity contribution in [3.05, 3.63) is 77.9 Å². The van der Waals surface area contributed by atoms with Gasteiger partial charge in [-0.25, -0.2) is 4.79 Å². The molecule has 0 aromatic heterocycles. The number of carbonyl (C=O) groups excluding carboxylic acids is 2.